The van der Waals surface area contributed by atoms with E-state index in [1.54, 1.807) is 0 Å². The molecule has 0 spiro atoms. The van der Waals surface area contributed by atoms with Crippen LogP contribution in [0.15, 0.2) is 17.2 Å². The van der Waals surface area contributed by atoms with E-state index in [4.69, 9.17) is 0 Å². The molecule has 1 heterocycles. The summed E-state index contributed by atoms with van der Waals surface area (Å²) in [6.45, 7) is 0.689. The number of nitrogens with zero attached hydrogens (tertiary/aromatic N) is 1. The molecule has 0 amide bonds. The van der Waals surface area contributed by atoms with Crippen LogP contribution < -0.4 is 5.56 Å². The molecule has 0 fully saturated rings. The fourth-order valence-electron chi connectivity index (χ4n) is 0.609. The number of aromatic nitrogens is 2. The molecule has 0 bridgehead atoms. The fraction of sp³-hybridized carbons (Fsp3) is 0.333. The summed E-state index contributed by atoms with van der Waals surface area (Å²) in [7, 11) is 0. The summed E-state index contributed by atoms with van der Waals surface area (Å²) in [6.07, 6.45) is 0.953. The van der Waals surface area contributed by atoms with Gasteiger partial charge in [0.2, 0.25) is 0 Å². The highest BCUT2D eigenvalue weighted by Gasteiger charge is 2.25. The monoisotopic (exact) mass is 160 g/mol. The predicted molar refractivity (Wildman–Crippen MR) is 34.4 cm³/mol. The lowest BCUT2D eigenvalue weighted by Crippen LogP contribution is -2.15. The smallest absolute Gasteiger partial charge is 0.287 e. The van der Waals surface area contributed by atoms with Crippen molar-refractivity contribution in [1.29, 1.82) is 0 Å². The lowest BCUT2D eigenvalue weighted by molar-refractivity contribution is 0.0125. The second kappa shape index (κ2) is 2.41. The maximum absolute atomic E-state index is 12.4. The fourth-order valence-corrected chi connectivity index (χ4v) is 0.609. The highest BCUT2D eigenvalue weighted by atomic mass is 19.3. The second-order valence-electron chi connectivity index (χ2n) is 2.18. The Balaban J connectivity index is 3.16. The van der Waals surface area contributed by atoms with Crippen molar-refractivity contribution >= 4 is 0 Å². The van der Waals surface area contributed by atoms with Crippen LogP contribution in [0, 0.1) is 0 Å². The Morgan fingerprint density at radius 1 is 1.64 bits per heavy atom. The van der Waals surface area contributed by atoms with E-state index in [-0.39, 0.29) is 0 Å². The highest BCUT2D eigenvalue weighted by molar-refractivity contribution is 5.04. The molecule has 0 saturated carbocycles. The van der Waals surface area contributed by atoms with E-state index in [0.717, 1.165) is 12.4 Å². The van der Waals surface area contributed by atoms with Gasteiger partial charge in [-0.05, 0) is 0 Å². The van der Waals surface area contributed by atoms with Crippen LogP contribution in [0.25, 0.3) is 0 Å². The first kappa shape index (κ1) is 7.84. The third-order valence-electron chi connectivity index (χ3n) is 1.13. The third-order valence-corrected chi connectivity index (χ3v) is 1.13. The number of rotatable bonds is 1. The van der Waals surface area contributed by atoms with Gasteiger partial charge in [-0.15, -0.1) is 0 Å². The zero-order valence-electron chi connectivity index (χ0n) is 5.77. The molecule has 5 heteroatoms. The maximum Gasteiger partial charge on any atom is 0.287 e. The van der Waals surface area contributed by atoms with Crippen LogP contribution in [0.5, 0.6) is 0 Å². The molecule has 0 atom stereocenters. The average Bonchev–Trinajstić information content (AvgIpc) is 1.86. The number of H-pyrrole nitrogens is 1. The van der Waals surface area contributed by atoms with E-state index in [1.165, 1.54) is 0 Å². The van der Waals surface area contributed by atoms with Gasteiger partial charge in [-0.3, -0.25) is 4.79 Å². The Morgan fingerprint density at radius 3 is 2.64 bits per heavy atom. The van der Waals surface area contributed by atoms with Crippen LogP contribution in [-0.4, -0.2) is 9.97 Å². The van der Waals surface area contributed by atoms with Gasteiger partial charge in [-0.1, -0.05) is 0 Å². The minimum absolute atomic E-state index is 0.513. The van der Waals surface area contributed by atoms with Crippen molar-refractivity contribution in [2.45, 2.75) is 12.8 Å². The molecule has 1 N–H and O–H groups in total. The van der Waals surface area contributed by atoms with E-state index in [9.17, 15) is 13.6 Å². The summed E-state index contributed by atoms with van der Waals surface area (Å²) in [5.74, 6) is -3.05. The Morgan fingerprint density at radius 2 is 2.27 bits per heavy atom. The first-order chi connectivity index (χ1) is 5.00. The number of aromatic amines is 1. The normalized spacial score (nSPS) is 11.5. The van der Waals surface area contributed by atoms with Crippen molar-refractivity contribution in [1.82, 2.24) is 9.97 Å². The summed E-state index contributed by atoms with van der Waals surface area (Å²) < 4.78 is 24.8. The SMILES string of the molecule is CC(F)(F)c1cc(=O)[nH]cn1. The highest BCUT2D eigenvalue weighted by Crippen LogP contribution is 2.22. The van der Waals surface area contributed by atoms with Gasteiger partial charge in [0, 0.05) is 13.0 Å². The molecule has 1 rings (SSSR count). The molecule has 0 aliphatic rings. The van der Waals surface area contributed by atoms with Crippen molar-refractivity contribution in [3.05, 3.63) is 28.4 Å². The molecular weight excluding hydrogens is 154 g/mol. The van der Waals surface area contributed by atoms with Gasteiger partial charge >= 0.3 is 0 Å². The van der Waals surface area contributed by atoms with Crippen LogP contribution in [-0.2, 0) is 5.92 Å². The van der Waals surface area contributed by atoms with Crippen LogP contribution in [0.2, 0.25) is 0 Å². The standard InChI is InChI=1S/C6H6F2N2O/c1-6(7,8)4-2-5(11)10-3-9-4/h2-3H,1H3,(H,9,10,11). The Labute approximate surface area is 61.1 Å². The largest absolute Gasteiger partial charge is 0.313 e. The minimum Gasteiger partial charge on any atom is -0.313 e. The predicted octanol–water partition coefficient (Wildman–Crippen LogP) is 0.882. The maximum atomic E-state index is 12.4. The van der Waals surface area contributed by atoms with Gasteiger partial charge in [0.15, 0.2) is 0 Å². The van der Waals surface area contributed by atoms with Gasteiger partial charge < -0.3 is 4.98 Å². The molecule has 60 valence electrons. The van der Waals surface area contributed by atoms with E-state index >= 15 is 0 Å². The van der Waals surface area contributed by atoms with Gasteiger partial charge in [0.1, 0.15) is 5.69 Å². The number of halogens is 2. The first-order valence-electron chi connectivity index (χ1n) is 2.93. The van der Waals surface area contributed by atoms with Crippen LogP contribution in [0.3, 0.4) is 0 Å². The summed E-state index contributed by atoms with van der Waals surface area (Å²) >= 11 is 0. The van der Waals surface area contributed by atoms with Crippen molar-refractivity contribution in [2.24, 2.45) is 0 Å². The summed E-state index contributed by atoms with van der Waals surface area (Å²) in [5.41, 5.74) is -1.09. The molecule has 0 aromatic carbocycles. The Bertz CT molecular complexity index is 302. The molecule has 3 nitrogen and oxygen atoms in total. The number of nitrogens with one attached hydrogen (secondary N) is 1. The Hall–Kier alpha value is -1.26. The lowest BCUT2D eigenvalue weighted by atomic mass is 10.3. The third kappa shape index (κ3) is 1.83. The van der Waals surface area contributed by atoms with E-state index < -0.39 is 17.2 Å². The van der Waals surface area contributed by atoms with Gasteiger partial charge in [-0.25, -0.2) is 4.98 Å². The zero-order valence-corrected chi connectivity index (χ0v) is 5.77. The van der Waals surface area contributed by atoms with Crippen molar-refractivity contribution in [3.63, 3.8) is 0 Å². The van der Waals surface area contributed by atoms with Gasteiger partial charge in [-0.2, -0.15) is 8.78 Å². The molecule has 0 radical (unpaired) electrons. The summed E-state index contributed by atoms with van der Waals surface area (Å²) in [5, 5.41) is 0. The van der Waals surface area contributed by atoms with Crippen molar-refractivity contribution in [2.75, 3.05) is 0 Å². The van der Waals surface area contributed by atoms with E-state index in [2.05, 4.69) is 9.97 Å². The number of alkyl halides is 2. The van der Waals surface area contributed by atoms with Crippen LogP contribution in [0.1, 0.15) is 12.6 Å². The topological polar surface area (TPSA) is 45.8 Å². The van der Waals surface area contributed by atoms with E-state index in [1.807, 2.05) is 0 Å². The quantitative estimate of drug-likeness (QED) is 0.662. The average molecular weight is 160 g/mol. The zero-order chi connectivity index (χ0) is 8.48. The van der Waals surface area contributed by atoms with Crippen molar-refractivity contribution in [3.8, 4) is 0 Å². The number of hydrogen-bond acceptors (Lipinski definition) is 2. The van der Waals surface area contributed by atoms with Gasteiger partial charge in [0.05, 0.1) is 6.33 Å². The molecular formula is C6H6F2N2O. The summed E-state index contributed by atoms with van der Waals surface area (Å²) in [4.78, 5) is 16.0. The number of hydrogen-bond donors (Lipinski definition) is 1. The molecule has 0 aliphatic heterocycles. The second-order valence-corrected chi connectivity index (χ2v) is 2.18. The van der Waals surface area contributed by atoms with Crippen LogP contribution in [0.4, 0.5) is 8.78 Å². The minimum atomic E-state index is -3.05. The van der Waals surface area contributed by atoms with Gasteiger partial charge in [0.25, 0.3) is 11.5 Å². The molecule has 0 unspecified atom stereocenters. The van der Waals surface area contributed by atoms with Crippen LogP contribution >= 0.6 is 0 Å². The van der Waals surface area contributed by atoms with Crippen molar-refractivity contribution < 1.29 is 8.78 Å². The Kier molecular flexibility index (Phi) is 1.72. The molecule has 0 aliphatic carbocycles. The molecule has 1 aromatic heterocycles. The molecule has 11 heavy (non-hydrogen) atoms. The first-order valence-corrected chi connectivity index (χ1v) is 2.93. The van der Waals surface area contributed by atoms with E-state index in [0.29, 0.717) is 6.92 Å². The lowest BCUT2D eigenvalue weighted by Gasteiger charge is -2.06. The summed E-state index contributed by atoms with van der Waals surface area (Å²) in [6, 6.07) is 0.778. The molecule has 1 aromatic rings. The molecule has 0 saturated heterocycles.